The number of hydrogen-bond acceptors (Lipinski definition) is 4. The maximum atomic E-state index is 13.9. The molecule has 3 aromatic carbocycles. The zero-order valence-electron chi connectivity index (χ0n) is 19.0. The number of benzene rings is 3. The summed E-state index contributed by atoms with van der Waals surface area (Å²) in [5, 5.41) is 0. The van der Waals surface area contributed by atoms with Crippen molar-refractivity contribution in [2.75, 3.05) is 18.6 Å². The van der Waals surface area contributed by atoms with Crippen molar-refractivity contribution < 1.29 is 44.0 Å². The van der Waals surface area contributed by atoms with Gasteiger partial charge < -0.3 is 8.92 Å². The molecule has 1 heterocycles. The van der Waals surface area contributed by atoms with Crippen molar-refractivity contribution in [1.82, 2.24) is 0 Å². The Labute approximate surface area is 215 Å². The van der Waals surface area contributed by atoms with Crippen molar-refractivity contribution in [3.05, 3.63) is 87.7 Å². The molecule has 0 aromatic heterocycles. The molecule has 4 rings (SSSR count). The van der Waals surface area contributed by atoms with Crippen LogP contribution in [0.2, 0.25) is 0 Å². The number of thioether (sulfide) groups is 1. The lowest BCUT2D eigenvalue weighted by Crippen LogP contribution is -2.17. The van der Waals surface area contributed by atoms with Gasteiger partial charge in [0.05, 0.1) is 29.1 Å². The Morgan fingerprint density at radius 1 is 0.892 bits per heavy atom. The van der Waals surface area contributed by atoms with Gasteiger partial charge in [0.15, 0.2) is 0 Å². The zero-order chi connectivity index (χ0) is 26.9. The Morgan fingerprint density at radius 2 is 1.54 bits per heavy atom. The lowest BCUT2D eigenvalue weighted by atomic mass is 9.83. The topological polar surface area (TPSA) is 18.5 Å². The summed E-state index contributed by atoms with van der Waals surface area (Å²) in [7, 11) is 0. The highest BCUT2D eigenvalue weighted by Crippen LogP contribution is 2.43. The smallest absolute Gasteiger partial charge is 0.416 e. The van der Waals surface area contributed by atoms with E-state index in [-0.39, 0.29) is 17.4 Å². The van der Waals surface area contributed by atoms with E-state index in [2.05, 4.69) is 0 Å². The van der Waals surface area contributed by atoms with Crippen LogP contribution in [0.25, 0.3) is 0 Å². The van der Waals surface area contributed by atoms with Gasteiger partial charge in [-0.15, -0.1) is 0 Å². The second-order valence-corrected chi connectivity index (χ2v) is 9.90. The third kappa shape index (κ3) is 5.64. The summed E-state index contributed by atoms with van der Waals surface area (Å²) < 4.78 is 118. The quantitative estimate of drug-likeness (QED) is 0.124. The van der Waals surface area contributed by atoms with E-state index >= 15 is 0 Å². The Kier molecular flexibility index (Phi) is 8.17. The van der Waals surface area contributed by atoms with Crippen LogP contribution in [-0.4, -0.2) is 18.6 Å². The molecule has 0 saturated heterocycles. The summed E-state index contributed by atoms with van der Waals surface area (Å²) in [6, 6.07) is 8.32. The number of aryl methyl sites for hydroxylation is 1. The van der Waals surface area contributed by atoms with Crippen molar-refractivity contribution in [3.8, 4) is 11.5 Å². The SMILES string of the molecule is CSCCc1cc(C(F)(F)F)ccc1C1CCOc2cc(SOc3c(F)c(F)c(F)c(F)c3F)ccc21. The zero-order valence-corrected chi connectivity index (χ0v) is 20.7. The molecule has 1 aliphatic rings. The number of hydrogen-bond donors (Lipinski definition) is 0. The molecule has 3 aromatic rings. The first-order valence-electron chi connectivity index (χ1n) is 10.8. The molecular formula is C25H18F8O2S2. The fourth-order valence-corrected chi connectivity index (χ4v) is 5.07. The monoisotopic (exact) mass is 566 g/mol. The molecule has 0 radical (unpaired) electrons. The van der Waals surface area contributed by atoms with Crippen LogP contribution in [0.4, 0.5) is 35.1 Å². The van der Waals surface area contributed by atoms with Crippen LogP contribution < -0.4 is 8.92 Å². The molecule has 198 valence electrons. The summed E-state index contributed by atoms with van der Waals surface area (Å²) in [4.78, 5) is 0.248. The molecule has 1 aliphatic heterocycles. The molecule has 1 unspecified atom stereocenters. The van der Waals surface area contributed by atoms with Crippen molar-refractivity contribution in [2.45, 2.75) is 29.8 Å². The predicted molar refractivity (Wildman–Crippen MR) is 125 cm³/mol. The molecule has 0 amide bonds. The minimum Gasteiger partial charge on any atom is -0.493 e. The van der Waals surface area contributed by atoms with Crippen LogP contribution >= 0.6 is 23.8 Å². The third-order valence-electron chi connectivity index (χ3n) is 5.84. The van der Waals surface area contributed by atoms with E-state index < -0.39 is 46.6 Å². The highest BCUT2D eigenvalue weighted by atomic mass is 32.2. The molecule has 0 bridgehead atoms. The number of ether oxygens (including phenoxy) is 1. The Morgan fingerprint density at radius 3 is 2.19 bits per heavy atom. The molecule has 37 heavy (non-hydrogen) atoms. The highest BCUT2D eigenvalue weighted by molar-refractivity contribution is 7.98. The fourth-order valence-electron chi connectivity index (χ4n) is 4.04. The van der Waals surface area contributed by atoms with Gasteiger partial charge in [-0.1, -0.05) is 12.1 Å². The van der Waals surface area contributed by atoms with Gasteiger partial charge in [0, 0.05) is 11.5 Å². The molecule has 0 N–H and O–H groups in total. The molecule has 2 nitrogen and oxygen atoms in total. The Bertz CT molecular complexity index is 1280. The van der Waals surface area contributed by atoms with Gasteiger partial charge in [0.1, 0.15) is 5.75 Å². The predicted octanol–water partition coefficient (Wildman–Crippen LogP) is 8.31. The van der Waals surface area contributed by atoms with Gasteiger partial charge >= 0.3 is 6.18 Å². The van der Waals surface area contributed by atoms with Crippen molar-refractivity contribution in [2.24, 2.45) is 0 Å². The van der Waals surface area contributed by atoms with Crippen LogP contribution in [0.3, 0.4) is 0 Å². The molecule has 12 heteroatoms. The molecule has 0 saturated carbocycles. The molecule has 1 atom stereocenters. The van der Waals surface area contributed by atoms with Gasteiger partial charge in [0.2, 0.25) is 34.8 Å². The summed E-state index contributed by atoms with van der Waals surface area (Å²) in [6.45, 7) is 0.257. The molecular weight excluding hydrogens is 548 g/mol. The number of alkyl halides is 3. The number of rotatable bonds is 7. The van der Waals surface area contributed by atoms with E-state index in [1.165, 1.54) is 36.0 Å². The van der Waals surface area contributed by atoms with Gasteiger partial charge in [-0.3, -0.25) is 0 Å². The largest absolute Gasteiger partial charge is 0.493 e. The first-order chi connectivity index (χ1) is 17.5. The summed E-state index contributed by atoms with van der Waals surface area (Å²) in [6.07, 6.45) is -1.65. The van der Waals surface area contributed by atoms with Crippen molar-refractivity contribution in [3.63, 3.8) is 0 Å². The highest BCUT2D eigenvalue weighted by Gasteiger charge is 2.33. The van der Waals surface area contributed by atoms with Gasteiger partial charge in [-0.05, 0) is 60.2 Å². The maximum absolute atomic E-state index is 13.9. The van der Waals surface area contributed by atoms with Crippen LogP contribution in [-0.2, 0) is 12.6 Å². The second-order valence-electron chi connectivity index (χ2n) is 8.11. The fraction of sp³-hybridized carbons (Fsp3) is 0.280. The minimum absolute atomic E-state index is 0.248. The lowest BCUT2D eigenvalue weighted by molar-refractivity contribution is -0.137. The molecule has 0 fully saturated rings. The Balaban J connectivity index is 1.62. The molecule has 0 aliphatic carbocycles. The van der Waals surface area contributed by atoms with E-state index in [0.29, 0.717) is 47.5 Å². The first-order valence-corrected chi connectivity index (χ1v) is 13.0. The van der Waals surface area contributed by atoms with Crippen LogP contribution in [0.15, 0.2) is 41.3 Å². The summed E-state index contributed by atoms with van der Waals surface area (Å²) >= 11 is 1.89. The maximum Gasteiger partial charge on any atom is 0.416 e. The Hall–Kier alpha value is -2.60. The van der Waals surface area contributed by atoms with Crippen molar-refractivity contribution >= 4 is 23.8 Å². The molecule has 0 spiro atoms. The minimum atomic E-state index is -4.47. The second kappa shape index (κ2) is 11.0. The standard InChI is InChI=1S/C25H18F8O2S2/c1-36-9-7-12-10-13(25(31,32)33)2-4-15(12)16-6-8-34-18-11-14(3-5-17(16)18)37-35-24-22(29)20(27)19(26)21(28)23(24)30/h2-5,10-11,16H,6-9H2,1H3. The van der Waals surface area contributed by atoms with Crippen LogP contribution in [0.1, 0.15) is 34.6 Å². The first kappa shape index (κ1) is 27.4. The van der Waals surface area contributed by atoms with Gasteiger partial charge in [0.25, 0.3) is 0 Å². The third-order valence-corrected chi connectivity index (χ3v) is 7.15. The van der Waals surface area contributed by atoms with Gasteiger partial charge in [-0.25, -0.2) is 13.2 Å². The summed E-state index contributed by atoms with van der Waals surface area (Å²) in [5.41, 5.74) is 1.29. The average Bonchev–Trinajstić information content (AvgIpc) is 2.88. The van der Waals surface area contributed by atoms with E-state index in [0.717, 1.165) is 11.6 Å². The summed E-state index contributed by atoms with van der Waals surface area (Å²) in [5.74, 6) is -11.4. The van der Waals surface area contributed by atoms with E-state index in [1.54, 1.807) is 6.07 Å². The van der Waals surface area contributed by atoms with Crippen molar-refractivity contribution in [1.29, 1.82) is 0 Å². The van der Waals surface area contributed by atoms with Crippen LogP contribution in [0.5, 0.6) is 11.5 Å². The average molecular weight is 567 g/mol. The van der Waals surface area contributed by atoms with E-state index in [1.807, 2.05) is 6.26 Å². The number of halogens is 8. The lowest BCUT2D eigenvalue weighted by Gasteiger charge is -2.28. The normalized spacial score (nSPS) is 15.3. The number of fused-ring (bicyclic) bond motifs is 1. The van der Waals surface area contributed by atoms with E-state index in [4.69, 9.17) is 8.92 Å². The van der Waals surface area contributed by atoms with Crippen LogP contribution in [0, 0.1) is 29.1 Å². The van der Waals surface area contributed by atoms with E-state index in [9.17, 15) is 35.1 Å². The van der Waals surface area contributed by atoms with Gasteiger partial charge in [-0.2, -0.15) is 33.7 Å².